The van der Waals surface area contributed by atoms with Crippen molar-refractivity contribution >= 4 is 5.91 Å². The van der Waals surface area contributed by atoms with Crippen LogP contribution in [0.3, 0.4) is 0 Å². The van der Waals surface area contributed by atoms with Crippen molar-refractivity contribution in [1.82, 2.24) is 9.88 Å². The van der Waals surface area contributed by atoms with Gasteiger partial charge in [-0.3, -0.25) is 9.59 Å². The van der Waals surface area contributed by atoms with E-state index in [4.69, 9.17) is 0 Å². The van der Waals surface area contributed by atoms with E-state index in [0.717, 1.165) is 11.3 Å². The molecule has 0 radical (unpaired) electrons. The zero-order chi connectivity index (χ0) is 15.4. The Bertz CT molecular complexity index is 690. The van der Waals surface area contributed by atoms with Gasteiger partial charge in [-0.15, -0.1) is 0 Å². The summed E-state index contributed by atoms with van der Waals surface area (Å²) in [4.78, 5) is 24.2. The first-order valence-electron chi connectivity index (χ1n) is 7.00. The van der Waals surface area contributed by atoms with Crippen molar-refractivity contribution in [2.45, 2.75) is 19.8 Å². The summed E-state index contributed by atoms with van der Waals surface area (Å²) in [6.07, 6.45) is 0. The van der Waals surface area contributed by atoms with E-state index in [1.165, 1.54) is 4.57 Å². The molecule has 0 fully saturated rings. The van der Waals surface area contributed by atoms with Crippen molar-refractivity contribution in [3.63, 3.8) is 0 Å². The number of rotatable bonds is 4. The molecule has 2 aromatic rings. The molecule has 1 amide bonds. The highest BCUT2D eigenvalue weighted by atomic mass is 16.2. The normalized spacial score (nSPS) is 12.0. The van der Waals surface area contributed by atoms with Crippen LogP contribution in [-0.4, -0.2) is 17.0 Å². The van der Waals surface area contributed by atoms with Crippen LogP contribution in [0.1, 0.15) is 34.5 Å². The maximum Gasteiger partial charge on any atom is 0.263 e. The molecule has 1 aromatic carbocycles. The van der Waals surface area contributed by atoms with Gasteiger partial charge in [-0.05, 0) is 30.5 Å². The second kappa shape index (κ2) is 6.39. The van der Waals surface area contributed by atoms with Crippen LogP contribution in [0.25, 0.3) is 0 Å². The van der Waals surface area contributed by atoms with E-state index in [1.807, 2.05) is 44.2 Å². The second-order valence-electron chi connectivity index (χ2n) is 5.27. The van der Waals surface area contributed by atoms with Crippen LogP contribution < -0.4 is 10.9 Å². The van der Waals surface area contributed by atoms with Crippen LogP contribution in [0.2, 0.25) is 0 Å². The molecule has 1 aromatic heterocycles. The minimum atomic E-state index is -0.321. The number of carbonyl (C=O) groups excluding carboxylic acids is 1. The lowest BCUT2D eigenvalue weighted by atomic mass is 10.0. The third-order valence-corrected chi connectivity index (χ3v) is 3.74. The lowest BCUT2D eigenvalue weighted by Crippen LogP contribution is -2.34. The van der Waals surface area contributed by atoms with E-state index >= 15 is 0 Å². The highest BCUT2D eigenvalue weighted by molar-refractivity contribution is 5.93. The molecule has 0 saturated heterocycles. The zero-order valence-electron chi connectivity index (χ0n) is 12.6. The molecule has 1 unspecified atom stereocenters. The predicted octanol–water partition coefficient (Wildman–Crippen LogP) is 2.23. The van der Waals surface area contributed by atoms with Crippen molar-refractivity contribution in [1.29, 1.82) is 0 Å². The van der Waals surface area contributed by atoms with Crippen molar-refractivity contribution in [2.75, 3.05) is 6.54 Å². The molecule has 0 saturated carbocycles. The zero-order valence-corrected chi connectivity index (χ0v) is 12.6. The van der Waals surface area contributed by atoms with Gasteiger partial charge in [0.15, 0.2) is 0 Å². The quantitative estimate of drug-likeness (QED) is 0.936. The first-order valence-corrected chi connectivity index (χ1v) is 7.00. The number of carbonyl (C=O) groups is 1. The van der Waals surface area contributed by atoms with Crippen LogP contribution in [0.5, 0.6) is 0 Å². The van der Waals surface area contributed by atoms with Crippen LogP contribution in [-0.2, 0) is 7.05 Å². The van der Waals surface area contributed by atoms with Crippen molar-refractivity contribution in [2.24, 2.45) is 7.05 Å². The molecule has 0 aliphatic heterocycles. The Labute approximate surface area is 124 Å². The SMILES string of the molecule is Cc1ccc(C(=O)NCC(C)c2ccccc2)c(=O)n1C. The molecule has 4 heteroatoms. The van der Waals surface area contributed by atoms with Gasteiger partial charge in [0.05, 0.1) is 0 Å². The van der Waals surface area contributed by atoms with Gasteiger partial charge in [-0.1, -0.05) is 37.3 Å². The van der Waals surface area contributed by atoms with Crippen LogP contribution in [0, 0.1) is 6.92 Å². The van der Waals surface area contributed by atoms with Crippen LogP contribution >= 0.6 is 0 Å². The second-order valence-corrected chi connectivity index (χ2v) is 5.27. The molecule has 4 nitrogen and oxygen atoms in total. The molecule has 0 aliphatic rings. The largest absolute Gasteiger partial charge is 0.351 e. The number of nitrogens with one attached hydrogen (secondary N) is 1. The van der Waals surface area contributed by atoms with Crippen LogP contribution in [0.15, 0.2) is 47.3 Å². The molecule has 0 aliphatic carbocycles. The lowest BCUT2D eigenvalue weighted by Gasteiger charge is -2.13. The first-order chi connectivity index (χ1) is 10.0. The van der Waals surface area contributed by atoms with Crippen molar-refractivity contribution in [3.05, 3.63) is 69.6 Å². The van der Waals surface area contributed by atoms with Gasteiger partial charge < -0.3 is 9.88 Å². The average molecular weight is 284 g/mol. The molecule has 110 valence electrons. The van der Waals surface area contributed by atoms with Gasteiger partial charge in [0.2, 0.25) is 0 Å². The van der Waals surface area contributed by atoms with Gasteiger partial charge in [0, 0.05) is 19.3 Å². The molecular weight excluding hydrogens is 264 g/mol. The summed E-state index contributed by atoms with van der Waals surface area (Å²) >= 11 is 0. The Hall–Kier alpha value is -2.36. The summed E-state index contributed by atoms with van der Waals surface area (Å²) in [7, 11) is 1.67. The number of hydrogen-bond donors (Lipinski definition) is 1. The third-order valence-electron chi connectivity index (χ3n) is 3.74. The third kappa shape index (κ3) is 3.40. The van der Waals surface area contributed by atoms with E-state index in [9.17, 15) is 9.59 Å². The van der Waals surface area contributed by atoms with Gasteiger partial charge in [-0.2, -0.15) is 0 Å². The smallest absolute Gasteiger partial charge is 0.263 e. The average Bonchev–Trinajstić information content (AvgIpc) is 2.51. The molecule has 0 spiro atoms. The molecular formula is C17H20N2O2. The Morgan fingerprint density at radius 1 is 1.19 bits per heavy atom. The fourth-order valence-corrected chi connectivity index (χ4v) is 2.14. The minimum absolute atomic E-state index is 0.184. The molecule has 1 heterocycles. The first kappa shape index (κ1) is 15.0. The molecule has 1 atom stereocenters. The summed E-state index contributed by atoms with van der Waals surface area (Å²) < 4.78 is 1.48. The summed E-state index contributed by atoms with van der Waals surface area (Å²) in [6, 6.07) is 13.3. The summed E-state index contributed by atoms with van der Waals surface area (Å²) in [6.45, 7) is 4.38. The number of aromatic nitrogens is 1. The van der Waals surface area contributed by atoms with E-state index in [0.29, 0.717) is 6.54 Å². The van der Waals surface area contributed by atoms with Gasteiger partial charge in [0.1, 0.15) is 5.56 Å². The fourth-order valence-electron chi connectivity index (χ4n) is 2.14. The molecule has 21 heavy (non-hydrogen) atoms. The predicted molar refractivity (Wildman–Crippen MR) is 83.6 cm³/mol. The van der Waals surface area contributed by atoms with E-state index in [-0.39, 0.29) is 22.9 Å². The summed E-state index contributed by atoms with van der Waals surface area (Å²) in [5.41, 5.74) is 1.91. The molecule has 0 bridgehead atoms. The topological polar surface area (TPSA) is 51.1 Å². The van der Waals surface area contributed by atoms with Gasteiger partial charge in [-0.25, -0.2) is 0 Å². The van der Waals surface area contributed by atoms with E-state index in [1.54, 1.807) is 19.2 Å². The molecule has 1 N–H and O–H groups in total. The summed E-state index contributed by atoms with van der Waals surface area (Å²) in [5, 5.41) is 2.83. The van der Waals surface area contributed by atoms with E-state index in [2.05, 4.69) is 5.32 Å². The monoisotopic (exact) mass is 284 g/mol. The Morgan fingerprint density at radius 3 is 2.52 bits per heavy atom. The number of hydrogen-bond acceptors (Lipinski definition) is 2. The Kier molecular flexibility index (Phi) is 4.58. The Balaban J connectivity index is 2.06. The van der Waals surface area contributed by atoms with Crippen LogP contribution in [0.4, 0.5) is 0 Å². The summed E-state index contributed by atoms with van der Waals surface area (Å²) in [5.74, 6) is -0.122. The highest BCUT2D eigenvalue weighted by Gasteiger charge is 2.13. The number of pyridine rings is 1. The van der Waals surface area contributed by atoms with E-state index < -0.39 is 0 Å². The van der Waals surface area contributed by atoms with Gasteiger partial charge >= 0.3 is 0 Å². The fraction of sp³-hybridized carbons (Fsp3) is 0.294. The molecule has 2 rings (SSSR count). The minimum Gasteiger partial charge on any atom is -0.351 e. The number of aryl methyl sites for hydroxylation is 1. The van der Waals surface area contributed by atoms with Crippen molar-refractivity contribution < 1.29 is 4.79 Å². The van der Waals surface area contributed by atoms with Crippen molar-refractivity contribution in [3.8, 4) is 0 Å². The number of amides is 1. The Morgan fingerprint density at radius 2 is 1.86 bits per heavy atom. The number of benzene rings is 1. The lowest BCUT2D eigenvalue weighted by molar-refractivity contribution is 0.0949. The highest BCUT2D eigenvalue weighted by Crippen LogP contribution is 2.13. The number of nitrogens with zero attached hydrogens (tertiary/aromatic N) is 1. The maximum atomic E-state index is 12.1. The standard InChI is InChI=1S/C17H20N2O2/c1-12(14-7-5-4-6-8-14)11-18-16(20)15-10-9-13(2)19(3)17(15)21/h4-10,12H,11H2,1-3H3,(H,18,20). The maximum absolute atomic E-state index is 12.1. The van der Waals surface area contributed by atoms with Gasteiger partial charge in [0.25, 0.3) is 11.5 Å².